The molecule has 180 valence electrons. The molecule has 3 rings (SSSR count). The van der Waals surface area contributed by atoms with Gasteiger partial charge in [0.1, 0.15) is 6.61 Å². The van der Waals surface area contributed by atoms with E-state index in [2.05, 4.69) is 10.5 Å². The predicted molar refractivity (Wildman–Crippen MR) is 128 cm³/mol. The summed E-state index contributed by atoms with van der Waals surface area (Å²) < 4.78 is 11.1. The number of nitrogens with one attached hydrogen (secondary N) is 1. The lowest BCUT2D eigenvalue weighted by Gasteiger charge is -2.13. The topological polar surface area (TPSA) is 146 Å². The van der Waals surface area contributed by atoms with Crippen LogP contribution in [0.25, 0.3) is 0 Å². The Bertz CT molecular complexity index is 1300. The molecular weight excluding hydrogens is 480 g/mol. The van der Waals surface area contributed by atoms with Gasteiger partial charge in [-0.05, 0) is 23.3 Å². The fraction of sp³-hybridized carbons (Fsp3) is 0.130. The summed E-state index contributed by atoms with van der Waals surface area (Å²) in [5.41, 5.74) is 3.44. The molecule has 0 aliphatic rings. The number of nitrogens with zero attached hydrogens (tertiary/aromatic N) is 3. The number of carbonyl (C=O) groups is 1. The molecule has 0 radical (unpaired) electrons. The van der Waals surface area contributed by atoms with Crippen molar-refractivity contribution in [1.82, 2.24) is 5.43 Å². The molecule has 0 heterocycles. The van der Waals surface area contributed by atoms with Crippen LogP contribution in [0.2, 0.25) is 5.02 Å². The van der Waals surface area contributed by atoms with Gasteiger partial charge >= 0.3 is 0 Å². The molecule has 1 N–H and O–H groups in total. The summed E-state index contributed by atoms with van der Waals surface area (Å²) in [5, 5.41) is 26.1. The highest BCUT2D eigenvalue weighted by Crippen LogP contribution is 2.36. The zero-order valence-electron chi connectivity index (χ0n) is 18.3. The van der Waals surface area contributed by atoms with Crippen LogP contribution in [0.1, 0.15) is 16.7 Å². The summed E-state index contributed by atoms with van der Waals surface area (Å²) in [7, 11) is 1.42. The number of halogens is 1. The van der Waals surface area contributed by atoms with Crippen molar-refractivity contribution in [2.24, 2.45) is 5.10 Å². The summed E-state index contributed by atoms with van der Waals surface area (Å²) in [4.78, 5) is 33.1. The highest BCUT2D eigenvalue weighted by Gasteiger charge is 2.16. The molecule has 0 atom stereocenters. The van der Waals surface area contributed by atoms with Gasteiger partial charge in [0.2, 0.25) is 5.91 Å². The minimum Gasteiger partial charge on any atom is -0.493 e. The molecule has 12 heteroatoms. The maximum absolute atomic E-state index is 12.1. The molecule has 0 aromatic heterocycles. The molecule has 1 amide bonds. The van der Waals surface area contributed by atoms with E-state index in [1.807, 2.05) is 0 Å². The molecule has 0 unspecified atom stereocenters. The summed E-state index contributed by atoms with van der Waals surface area (Å²) in [6.45, 7) is 0.0207. The van der Waals surface area contributed by atoms with Gasteiger partial charge in [0, 0.05) is 23.8 Å². The van der Waals surface area contributed by atoms with E-state index in [1.54, 1.807) is 24.3 Å². The van der Waals surface area contributed by atoms with Crippen LogP contribution in [0.3, 0.4) is 0 Å². The normalized spacial score (nSPS) is 10.7. The molecule has 3 aromatic carbocycles. The number of carbonyl (C=O) groups excluding carboxylic acids is 1. The van der Waals surface area contributed by atoms with Gasteiger partial charge < -0.3 is 9.47 Å². The van der Waals surface area contributed by atoms with E-state index < -0.39 is 15.8 Å². The number of nitro groups is 2. The molecular formula is C23H19ClN4O7. The SMILES string of the molecule is COc1cc(C=NNC(=O)Cc2ccccc2[N+](=O)[O-])cc(Cl)c1OCc1cccc([N+](=O)[O-])c1. The van der Waals surface area contributed by atoms with Gasteiger partial charge in [-0.3, -0.25) is 25.0 Å². The Morgan fingerprint density at radius 1 is 1.09 bits per heavy atom. The molecule has 0 aliphatic carbocycles. The molecule has 3 aromatic rings. The van der Waals surface area contributed by atoms with E-state index in [0.717, 1.165) is 0 Å². The lowest BCUT2D eigenvalue weighted by molar-refractivity contribution is -0.385. The minimum absolute atomic E-state index is 0.0207. The van der Waals surface area contributed by atoms with E-state index in [-0.39, 0.29) is 46.5 Å². The number of rotatable bonds is 10. The Kier molecular flexibility index (Phi) is 8.30. The molecule has 35 heavy (non-hydrogen) atoms. The highest BCUT2D eigenvalue weighted by molar-refractivity contribution is 6.32. The van der Waals surface area contributed by atoms with Crippen molar-refractivity contribution in [1.29, 1.82) is 0 Å². The fourth-order valence-corrected chi connectivity index (χ4v) is 3.37. The number of para-hydroxylation sites is 1. The third-order valence-electron chi connectivity index (χ3n) is 4.70. The molecule has 0 saturated carbocycles. The number of hydrogen-bond donors (Lipinski definition) is 1. The van der Waals surface area contributed by atoms with Gasteiger partial charge in [0.15, 0.2) is 11.5 Å². The predicted octanol–water partition coefficient (Wildman–Crippen LogP) is 4.44. The summed E-state index contributed by atoms with van der Waals surface area (Å²) in [6.07, 6.45) is 1.11. The number of hydrogen-bond acceptors (Lipinski definition) is 8. The van der Waals surface area contributed by atoms with Crippen molar-refractivity contribution < 1.29 is 24.1 Å². The third kappa shape index (κ3) is 6.74. The Morgan fingerprint density at radius 3 is 2.57 bits per heavy atom. The second-order valence-corrected chi connectivity index (χ2v) is 7.51. The fourth-order valence-electron chi connectivity index (χ4n) is 3.10. The summed E-state index contributed by atoms with van der Waals surface area (Å²) >= 11 is 6.33. The molecule has 0 fully saturated rings. The van der Waals surface area contributed by atoms with Gasteiger partial charge in [-0.2, -0.15) is 5.10 Å². The zero-order chi connectivity index (χ0) is 25.4. The Morgan fingerprint density at radius 2 is 1.86 bits per heavy atom. The standard InChI is InChI=1S/C23H19ClN4O7/c1-34-21-11-16(13-25-26-22(29)12-17-6-2-3-8-20(17)28(32)33)10-19(24)23(21)35-14-15-5-4-7-18(9-15)27(30)31/h2-11,13H,12,14H2,1H3,(H,26,29). The Labute approximate surface area is 204 Å². The van der Waals surface area contributed by atoms with Gasteiger partial charge in [-0.1, -0.05) is 41.9 Å². The van der Waals surface area contributed by atoms with Crippen LogP contribution in [-0.4, -0.2) is 29.1 Å². The van der Waals surface area contributed by atoms with Crippen molar-refractivity contribution in [2.75, 3.05) is 7.11 Å². The molecule has 0 saturated heterocycles. The first-order valence-corrected chi connectivity index (χ1v) is 10.4. The van der Waals surface area contributed by atoms with E-state index >= 15 is 0 Å². The Hall–Kier alpha value is -4.51. The summed E-state index contributed by atoms with van der Waals surface area (Å²) in [6, 6.07) is 15.1. The average Bonchev–Trinajstić information content (AvgIpc) is 2.83. The quantitative estimate of drug-likeness (QED) is 0.247. The number of ether oxygens (including phenoxy) is 2. The van der Waals surface area contributed by atoms with Crippen molar-refractivity contribution in [2.45, 2.75) is 13.0 Å². The second kappa shape index (κ2) is 11.6. The van der Waals surface area contributed by atoms with Gasteiger partial charge in [-0.15, -0.1) is 0 Å². The summed E-state index contributed by atoms with van der Waals surface area (Å²) in [5.74, 6) is -0.0145. The molecule has 0 aliphatic heterocycles. The average molecular weight is 499 g/mol. The number of methoxy groups -OCH3 is 1. The van der Waals surface area contributed by atoms with Crippen LogP contribution in [0.4, 0.5) is 11.4 Å². The lowest BCUT2D eigenvalue weighted by Crippen LogP contribution is -2.20. The maximum atomic E-state index is 12.1. The minimum atomic E-state index is -0.553. The van der Waals surface area contributed by atoms with Crippen molar-refractivity contribution >= 4 is 35.1 Å². The monoisotopic (exact) mass is 498 g/mol. The Balaban J connectivity index is 1.66. The van der Waals surface area contributed by atoms with Crippen molar-refractivity contribution in [3.05, 3.63) is 103 Å². The second-order valence-electron chi connectivity index (χ2n) is 7.11. The lowest BCUT2D eigenvalue weighted by atomic mass is 10.1. The number of hydrazone groups is 1. The first-order valence-electron chi connectivity index (χ1n) is 10.1. The van der Waals surface area contributed by atoms with Crippen LogP contribution < -0.4 is 14.9 Å². The van der Waals surface area contributed by atoms with Gasteiger partial charge in [0.25, 0.3) is 11.4 Å². The third-order valence-corrected chi connectivity index (χ3v) is 4.98. The van der Waals surface area contributed by atoms with E-state index in [9.17, 15) is 25.0 Å². The number of amides is 1. The molecule has 0 bridgehead atoms. The van der Waals surface area contributed by atoms with E-state index in [4.69, 9.17) is 21.1 Å². The highest BCUT2D eigenvalue weighted by atomic mass is 35.5. The number of non-ortho nitro benzene ring substituents is 1. The molecule has 0 spiro atoms. The first-order chi connectivity index (χ1) is 16.8. The number of nitro benzene ring substituents is 2. The first kappa shape index (κ1) is 25.1. The van der Waals surface area contributed by atoms with Gasteiger partial charge in [0.05, 0.1) is 34.6 Å². The zero-order valence-corrected chi connectivity index (χ0v) is 19.1. The van der Waals surface area contributed by atoms with Crippen LogP contribution >= 0.6 is 11.6 Å². The van der Waals surface area contributed by atoms with E-state index in [1.165, 1.54) is 49.7 Å². The van der Waals surface area contributed by atoms with Crippen LogP contribution in [0, 0.1) is 20.2 Å². The van der Waals surface area contributed by atoms with Crippen molar-refractivity contribution in [3.8, 4) is 11.5 Å². The number of benzene rings is 3. The molecule has 11 nitrogen and oxygen atoms in total. The largest absolute Gasteiger partial charge is 0.493 e. The van der Waals surface area contributed by atoms with Crippen LogP contribution in [0.5, 0.6) is 11.5 Å². The van der Waals surface area contributed by atoms with E-state index in [0.29, 0.717) is 11.1 Å². The maximum Gasteiger partial charge on any atom is 0.273 e. The smallest absolute Gasteiger partial charge is 0.273 e. The van der Waals surface area contributed by atoms with Crippen LogP contribution in [0.15, 0.2) is 65.8 Å². The van der Waals surface area contributed by atoms with Crippen LogP contribution in [-0.2, 0) is 17.8 Å². The van der Waals surface area contributed by atoms with Crippen molar-refractivity contribution in [3.63, 3.8) is 0 Å². The van der Waals surface area contributed by atoms with Gasteiger partial charge in [-0.25, -0.2) is 5.43 Å².